The Hall–Kier alpha value is -1.87. The monoisotopic (exact) mass is 284 g/mol. The lowest BCUT2D eigenvalue weighted by Gasteiger charge is -2.20. The second-order valence-corrected chi connectivity index (χ2v) is 5.27. The average molecular weight is 284 g/mol. The standard InChI is InChI=1S/C18H24N2O/c1-5-19-17(15-9-7-6-8-10-15)11-16-14(3)18(21-4)13(2)12-20-16/h6-10,12,17,19H,5,11H2,1-4H3. The van der Waals surface area contributed by atoms with Gasteiger partial charge in [-0.1, -0.05) is 37.3 Å². The number of nitrogens with zero attached hydrogens (tertiary/aromatic N) is 1. The van der Waals surface area contributed by atoms with Crippen molar-refractivity contribution in [3.8, 4) is 5.75 Å². The van der Waals surface area contributed by atoms with E-state index in [1.54, 1.807) is 7.11 Å². The van der Waals surface area contributed by atoms with Gasteiger partial charge in [0.2, 0.25) is 0 Å². The number of methoxy groups -OCH3 is 1. The van der Waals surface area contributed by atoms with Crippen LogP contribution in [0.4, 0.5) is 0 Å². The van der Waals surface area contributed by atoms with E-state index < -0.39 is 0 Å². The second-order valence-electron chi connectivity index (χ2n) is 5.27. The van der Waals surface area contributed by atoms with Crippen molar-refractivity contribution in [1.29, 1.82) is 0 Å². The number of hydrogen-bond acceptors (Lipinski definition) is 3. The van der Waals surface area contributed by atoms with Crippen LogP contribution in [0.1, 0.15) is 35.3 Å². The van der Waals surface area contributed by atoms with Crippen molar-refractivity contribution in [1.82, 2.24) is 10.3 Å². The summed E-state index contributed by atoms with van der Waals surface area (Å²) in [6.07, 6.45) is 2.76. The average Bonchev–Trinajstić information content (AvgIpc) is 2.51. The van der Waals surface area contributed by atoms with Crippen LogP contribution < -0.4 is 10.1 Å². The molecule has 1 aromatic carbocycles. The van der Waals surface area contributed by atoms with Gasteiger partial charge in [-0.3, -0.25) is 4.98 Å². The highest BCUT2D eigenvalue weighted by molar-refractivity contribution is 5.41. The molecule has 112 valence electrons. The number of aromatic nitrogens is 1. The minimum Gasteiger partial charge on any atom is -0.496 e. The zero-order valence-electron chi connectivity index (χ0n) is 13.3. The van der Waals surface area contributed by atoms with Gasteiger partial charge in [-0.2, -0.15) is 0 Å². The van der Waals surface area contributed by atoms with Crippen LogP contribution in [0.3, 0.4) is 0 Å². The van der Waals surface area contributed by atoms with Crippen molar-refractivity contribution in [2.75, 3.05) is 13.7 Å². The van der Waals surface area contributed by atoms with Gasteiger partial charge in [-0.15, -0.1) is 0 Å². The lowest BCUT2D eigenvalue weighted by molar-refractivity contribution is 0.406. The Morgan fingerprint density at radius 3 is 2.52 bits per heavy atom. The predicted octanol–water partition coefficient (Wildman–Crippen LogP) is 3.60. The Morgan fingerprint density at radius 1 is 1.19 bits per heavy atom. The van der Waals surface area contributed by atoms with Crippen molar-refractivity contribution in [2.45, 2.75) is 33.2 Å². The van der Waals surface area contributed by atoms with Gasteiger partial charge in [0, 0.05) is 35.5 Å². The molecule has 1 unspecified atom stereocenters. The molecule has 3 heteroatoms. The van der Waals surface area contributed by atoms with E-state index in [0.29, 0.717) is 0 Å². The fourth-order valence-electron chi connectivity index (χ4n) is 2.71. The Balaban J connectivity index is 2.29. The molecule has 0 bridgehead atoms. The molecular weight excluding hydrogens is 260 g/mol. The zero-order valence-corrected chi connectivity index (χ0v) is 13.3. The largest absolute Gasteiger partial charge is 0.496 e. The number of aryl methyl sites for hydroxylation is 1. The summed E-state index contributed by atoms with van der Waals surface area (Å²) in [5.41, 5.74) is 4.60. The summed E-state index contributed by atoms with van der Waals surface area (Å²) in [7, 11) is 1.72. The first-order chi connectivity index (χ1) is 10.2. The molecule has 1 atom stereocenters. The topological polar surface area (TPSA) is 34.2 Å². The highest BCUT2D eigenvalue weighted by atomic mass is 16.5. The van der Waals surface area contributed by atoms with Gasteiger partial charge < -0.3 is 10.1 Å². The number of hydrogen-bond donors (Lipinski definition) is 1. The number of rotatable bonds is 6. The molecule has 0 spiro atoms. The molecular formula is C18H24N2O. The second kappa shape index (κ2) is 7.23. The van der Waals surface area contributed by atoms with Gasteiger partial charge in [-0.25, -0.2) is 0 Å². The smallest absolute Gasteiger partial charge is 0.128 e. The van der Waals surface area contributed by atoms with Crippen LogP contribution in [0, 0.1) is 13.8 Å². The molecule has 1 N–H and O–H groups in total. The fraction of sp³-hybridized carbons (Fsp3) is 0.389. The highest BCUT2D eigenvalue weighted by Crippen LogP contribution is 2.27. The normalized spacial score (nSPS) is 12.2. The molecule has 0 saturated heterocycles. The summed E-state index contributed by atoms with van der Waals surface area (Å²) in [5.74, 6) is 0.948. The first-order valence-electron chi connectivity index (χ1n) is 7.44. The first kappa shape index (κ1) is 15.5. The third-order valence-corrected chi connectivity index (χ3v) is 3.80. The summed E-state index contributed by atoms with van der Waals surface area (Å²) in [6, 6.07) is 10.8. The Labute approximate surface area is 127 Å². The first-order valence-corrected chi connectivity index (χ1v) is 7.44. The lowest BCUT2D eigenvalue weighted by atomic mass is 9.98. The lowest BCUT2D eigenvalue weighted by Crippen LogP contribution is -2.23. The summed E-state index contributed by atoms with van der Waals surface area (Å²) in [5, 5.41) is 3.55. The van der Waals surface area contributed by atoms with Crippen molar-refractivity contribution < 1.29 is 4.74 Å². The zero-order chi connectivity index (χ0) is 15.2. The molecule has 0 saturated carbocycles. The van der Waals surface area contributed by atoms with Crippen LogP contribution in [0.25, 0.3) is 0 Å². The van der Waals surface area contributed by atoms with Gasteiger partial charge in [-0.05, 0) is 26.0 Å². The van der Waals surface area contributed by atoms with Gasteiger partial charge in [0.05, 0.1) is 7.11 Å². The summed E-state index contributed by atoms with van der Waals surface area (Å²) in [6.45, 7) is 7.18. The molecule has 1 aromatic heterocycles. The Kier molecular flexibility index (Phi) is 5.34. The van der Waals surface area contributed by atoms with Crippen molar-refractivity contribution in [3.63, 3.8) is 0 Å². The summed E-state index contributed by atoms with van der Waals surface area (Å²) in [4.78, 5) is 4.61. The van der Waals surface area contributed by atoms with E-state index in [9.17, 15) is 0 Å². The van der Waals surface area contributed by atoms with Gasteiger partial charge in [0.1, 0.15) is 5.75 Å². The van der Waals surface area contributed by atoms with E-state index in [1.807, 2.05) is 19.2 Å². The van der Waals surface area contributed by atoms with Crippen molar-refractivity contribution in [2.24, 2.45) is 0 Å². The third kappa shape index (κ3) is 3.61. The maximum absolute atomic E-state index is 5.50. The third-order valence-electron chi connectivity index (χ3n) is 3.80. The highest BCUT2D eigenvalue weighted by Gasteiger charge is 2.16. The molecule has 21 heavy (non-hydrogen) atoms. The number of likely N-dealkylation sites (N-methyl/N-ethyl adjacent to an activating group) is 1. The molecule has 3 nitrogen and oxygen atoms in total. The molecule has 1 heterocycles. The maximum atomic E-state index is 5.50. The maximum Gasteiger partial charge on any atom is 0.128 e. The van der Waals surface area contributed by atoms with Gasteiger partial charge >= 0.3 is 0 Å². The predicted molar refractivity (Wildman–Crippen MR) is 86.8 cm³/mol. The molecule has 0 amide bonds. The van der Waals surface area contributed by atoms with Crippen molar-refractivity contribution in [3.05, 3.63) is 58.9 Å². The fourth-order valence-corrected chi connectivity index (χ4v) is 2.71. The number of benzene rings is 1. The molecule has 2 rings (SSSR count). The Bertz CT molecular complexity index is 581. The minimum atomic E-state index is 0.273. The SMILES string of the molecule is CCNC(Cc1ncc(C)c(OC)c1C)c1ccccc1. The molecule has 0 aliphatic carbocycles. The molecule has 0 aliphatic rings. The Morgan fingerprint density at radius 2 is 1.90 bits per heavy atom. The van der Waals surface area contributed by atoms with E-state index >= 15 is 0 Å². The molecule has 0 radical (unpaired) electrons. The van der Waals surface area contributed by atoms with Crippen LogP contribution in [0.2, 0.25) is 0 Å². The van der Waals surface area contributed by atoms with Crippen LogP contribution in [-0.2, 0) is 6.42 Å². The van der Waals surface area contributed by atoms with E-state index in [4.69, 9.17) is 4.74 Å². The number of pyridine rings is 1. The summed E-state index contributed by atoms with van der Waals surface area (Å²) >= 11 is 0. The van der Waals surface area contributed by atoms with Crippen molar-refractivity contribution >= 4 is 0 Å². The molecule has 0 aliphatic heterocycles. The van der Waals surface area contributed by atoms with Crippen LogP contribution in [0.5, 0.6) is 5.75 Å². The number of ether oxygens (including phenoxy) is 1. The number of nitrogens with one attached hydrogen (secondary N) is 1. The van der Waals surface area contributed by atoms with E-state index in [1.165, 1.54) is 5.56 Å². The van der Waals surface area contributed by atoms with E-state index in [-0.39, 0.29) is 6.04 Å². The van der Waals surface area contributed by atoms with Gasteiger partial charge in [0.25, 0.3) is 0 Å². The van der Waals surface area contributed by atoms with Crippen LogP contribution in [0.15, 0.2) is 36.5 Å². The minimum absolute atomic E-state index is 0.273. The van der Waals surface area contributed by atoms with E-state index in [0.717, 1.165) is 35.5 Å². The van der Waals surface area contributed by atoms with Crippen LogP contribution in [-0.4, -0.2) is 18.6 Å². The quantitative estimate of drug-likeness (QED) is 0.880. The van der Waals surface area contributed by atoms with Crippen LogP contribution >= 0.6 is 0 Å². The molecule has 0 fully saturated rings. The molecule has 2 aromatic rings. The van der Waals surface area contributed by atoms with Gasteiger partial charge in [0.15, 0.2) is 0 Å². The van der Waals surface area contributed by atoms with E-state index in [2.05, 4.69) is 48.4 Å². The summed E-state index contributed by atoms with van der Waals surface area (Å²) < 4.78 is 5.50.